The van der Waals surface area contributed by atoms with Gasteiger partial charge in [0, 0.05) is 29.5 Å². The maximum absolute atomic E-state index is 10.8. The second kappa shape index (κ2) is 5.22. The molecular formula is C12H18N4O2. The van der Waals surface area contributed by atoms with Crippen molar-refractivity contribution in [2.24, 2.45) is 0 Å². The van der Waals surface area contributed by atoms with Crippen molar-refractivity contribution in [1.29, 1.82) is 0 Å². The Morgan fingerprint density at radius 2 is 2.06 bits per heavy atom. The minimum Gasteiger partial charge on any atom is -0.398 e. The highest BCUT2D eigenvalue weighted by molar-refractivity contribution is 5.61. The molecule has 0 spiro atoms. The molecule has 0 saturated carbocycles. The molecular weight excluding hydrogens is 232 g/mol. The fraction of sp³-hybridized carbons (Fsp3) is 0.500. The van der Waals surface area contributed by atoms with Crippen LogP contribution in [0.15, 0.2) is 18.2 Å². The number of likely N-dealkylation sites (tertiary alicyclic amines) is 1. The van der Waals surface area contributed by atoms with E-state index in [0.29, 0.717) is 11.7 Å². The van der Waals surface area contributed by atoms with Gasteiger partial charge in [-0.3, -0.25) is 10.1 Å². The summed E-state index contributed by atoms with van der Waals surface area (Å²) in [5, 5.41) is 14.1. The van der Waals surface area contributed by atoms with E-state index in [1.165, 1.54) is 12.1 Å². The molecule has 1 aliphatic rings. The van der Waals surface area contributed by atoms with Crippen molar-refractivity contribution >= 4 is 17.1 Å². The standard InChI is InChI=1S/C12H18N4O2/c1-15-4-2-10(3-5-15)14-11-6-9(13)7-12(8-11)16(17)18/h6-8,10,14H,2-5,13H2,1H3. The third kappa shape index (κ3) is 3.10. The van der Waals surface area contributed by atoms with Gasteiger partial charge >= 0.3 is 0 Å². The van der Waals surface area contributed by atoms with E-state index in [1.54, 1.807) is 6.07 Å². The number of hydrogen-bond donors (Lipinski definition) is 2. The topological polar surface area (TPSA) is 84.4 Å². The lowest BCUT2D eigenvalue weighted by Gasteiger charge is -2.30. The maximum atomic E-state index is 10.8. The molecule has 0 unspecified atom stereocenters. The van der Waals surface area contributed by atoms with E-state index >= 15 is 0 Å². The van der Waals surface area contributed by atoms with Crippen molar-refractivity contribution in [2.75, 3.05) is 31.2 Å². The molecule has 18 heavy (non-hydrogen) atoms. The molecule has 1 fully saturated rings. The summed E-state index contributed by atoms with van der Waals surface area (Å²) in [5.41, 5.74) is 6.85. The number of non-ortho nitro benzene ring substituents is 1. The van der Waals surface area contributed by atoms with Gasteiger partial charge in [0.2, 0.25) is 0 Å². The highest BCUT2D eigenvalue weighted by Gasteiger charge is 2.17. The van der Waals surface area contributed by atoms with Crippen LogP contribution in [0.25, 0.3) is 0 Å². The van der Waals surface area contributed by atoms with Crippen LogP contribution in [0.3, 0.4) is 0 Å². The molecule has 2 rings (SSSR count). The van der Waals surface area contributed by atoms with Crippen LogP contribution in [-0.4, -0.2) is 36.0 Å². The average Bonchev–Trinajstić information content (AvgIpc) is 2.31. The first-order chi connectivity index (χ1) is 8.54. The van der Waals surface area contributed by atoms with Crippen molar-refractivity contribution in [2.45, 2.75) is 18.9 Å². The third-order valence-electron chi connectivity index (χ3n) is 3.24. The highest BCUT2D eigenvalue weighted by atomic mass is 16.6. The minimum atomic E-state index is -0.420. The third-order valence-corrected chi connectivity index (χ3v) is 3.24. The predicted molar refractivity (Wildman–Crippen MR) is 71.7 cm³/mol. The van der Waals surface area contributed by atoms with E-state index in [1.807, 2.05) is 0 Å². The highest BCUT2D eigenvalue weighted by Crippen LogP contribution is 2.24. The quantitative estimate of drug-likeness (QED) is 0.484. The van der Waals surface area contributed by atoms with E-state index in [-0.39, 0.29) is 5.69 Å². The van der Waals surface area contributed by atoms with Crippen LogP contribution in [-0.2, 0) is 0 Å². The Kier molecular flexibility index (Phi) is 3.66. The zero-order valence-electron chi connectivity index (χ0n) is 10.4. The fourth-order valence-corrected chi connectivity index (χ4v) is 2.21. The molecule has 6 nitrogen and oxygen atoms in total. The molecule has 0 atom stereocenters. The Hall–Kier alpha value is -1.82. The van der Waals surface area contributed by atoms with Crippen LogP contribution in [0.4, 0.5) is 17.1 Å². The summed E-state index contributed by atoms with van der Waals surface area (Å²) in [6, 6.07) is 5.02. The Morgan fingerprint density at radius 3 is 2.67 bits per heavy atom. The summed E-state index contributed by atoms with van der Waals surface area (Å²) in [6.07, 6.45) is 2.08. The number of nitrogens with zero attached hydrogens (tertiary/aromatic N) is 2. The first kappa shape index (κ1) is 12.6. The number of nitrogen functional groups attached to an aromatic ring is 1. The molecule has 98 valence electrons. The normalized spacial score (nSPS) is 17.6. The Morgan fingerprint density at radius 1 is 1.39 bits per heavy atom. The summed E-state index contributed by atoms with van der Waals surface area (Å²) < 4.78 is 0. The van der Waals surface area contributed by atoms with Crippen molar-refractivity contribution in [3.8, 4) is 0 Å². The van der Waals surface area contributed by atoms with E-state index in [9.17, 15) is 10.1 Å². The lowest BCUT2D eigenvalue weighted by molar-refractivity contribution is -0.384. The van der Waals surface area contributed by atoms with Crippen LogP contribution < -0.4 is 11.1 Å². The molecule has 1 heterocycles. The molecule has 0 amide bonds. The summed E-state index contributed by atoms with van der Waals surface area (Å²) in [5.74, 6) is 0. The molecule has 0 aromatic heterocycles. The van der Waals surface area contributed by atoms with E-state index < -0.39 is 4.92 Å². The first-order valence-corrected chi connectivity index (χ1v) is 6.04. The van der Waals surface area contributed by atoms with Crippen molar-refractivity contribution < 1.29 is 4.92 Å². The summed E-state index contributed by atoms with van der Waals surface area (Å²) in [4.78, 5) is 12.6. The smallest absolute Gasteiger partial charge is 0.273 e. The van der Waals surface area contributed by atoms with Crippen LogP contribution in [0.2, 0.25) is 0 Å². The van der Waals surface area contributed by atoms with Gasteiger partial charge in [-0.15, -0.1) is 0 Å². The number of hydrogen-bond acceptors (Lipinski definition) is 5. The number of piperidine rings is 1. The first-order valence-electron chi connectivity index (χ1n) is 6.04. The number of nitrogens with two attached hydrogens (primary N) is 1. The number of benzene rings is 1. The molecule has 1 aliphatic heterocycles. The number of nitrogens with one attached hydrogen (secondary N) is 1. The number of rotatable bonds is 3. The monoisotopic (exact) mass is 250 g/mol. The number of nitro benzene ring substituents is 1. The second-order valence-electron chi connectivity index (χ2n) is 4.79. The molecule has 3 N–H and O–H groups in total. The zero-order chi connectivity index (χ0) is 13.1. The van der Waals surface area contributed by atoms with Crippen LogP contribution in [0.1, 0.15) is 12.8 Å². The van der Waals surface area contributed by atoms with Gasteiger partial charge in [-0.05, 0) is 39.0 Å². The summed E-state index contributed by atoms with van der Waals surface area (Å²) >= 11 is 0. The van der Waals surface area contributed by atoms with Gasteiger partial charge in [0.25, 0.3) is 5.69 Å². The van der Waals surface area contributed by atoms with Gasteiger partial charge < -0.3 is 16.0 Å². The Labute approximate surface area is 106 Å². The van der Waals surface area contributed by atoms with E-state index in [4.69, 9.17) is 5.73 Å². The number of nitro groups is 1. The lowest BCUT2D eigenvalue weighted by atomic mass is 10.1. The maximum Gasteiger partial charge on any atom is 0.273 e. The van der Waals surface area contributed by atoms with Crippen molar-refractivity contribution in [1.82, 2.24) is 4.90 Å². The second-order valence-corrected chi connectivity index (χ2v) is 4.79. The largest absolute Gasteiger partial charge is 0.398 e. The van der Waals surface area contributed by atoms with Gasteiger partial charge in [-0.1, -0.05) is 0 Å². The molecule has 0 bridgehead atoms. The molecule has 1 aromatic rings. The Bertz CT molecular complexity index is 442. The average molecular weight is 250 g/mol. The van der Waals surface area contributed by atoms with Crippen LogP contribution >= 0.6 is 0 Å². The predicted octanol–water partition coefficient (Wildman–Crippen LogP) is 1.68. The molecule has 1 saturated heterocycles. The summed E-state index contributed by atoms with van der Waals surface area (Å²) in [6.45, 7) is 2.09. The van der Waals surface area contributed by atoms with Gasteiger partial charge in [-0.2, -0.15) is 0 Å². The summed E-state index contributed by atoms with van der Waals surface area (Å²) in [7, 11) is 2.10. The van der Waals surface area contributed by atoms with Crippen molar-refractivity contribution in [3.05, 3.63) is 28.3 Å². The molecule has 1 aromatic carbocycles. The van der Waals surface area contributed by atoms with Crippen LogP contribution in [0.5, 0.6) is 0 Å². The van der Waals surface area contributed by atoms with Crippen LogP contribution in [0, 0.1) is 10.1 Å². The van der Waals surface area contributed by atoms with Gasteiger partial charge in [0.15, 0.2) is 0 Å². The van der Waals surface area contributed by atoms with E-state index in [2.05, 4.69) is 17.3 Å². The minimum absolute atomic E-state index is 0.0328. The fourth-order valence-electron chi connectivity index (χ4n) is 2.21. The van der Waals surface area contributed by atoms with Gasteiger partial charge in [-0.25, -0.2) is 0 Å². The molecule has 0 radical (unpaired) electrons. The zero-order valence-corrected chi connectivity index (χ0v) is 10.4. The lowest BCUT2D eigenvalue weighted by Crippen LogP contribution is -2.36. The van der Waals surface area contributed by atoms with Gasteiger partial charge in [0.1, 0.15) is 0 Å². The molecule has 6 heteroatoms. The van der Waals surface area contributed by atoms with Gasteiger partial charge in [0.05, 0.1) is 4.92 Å². The molecule has 0 aliphatic carbocycles. The number of anilines is 2. The van der Waals surface area contributed by atoms with E-state index in [0.717, 1.165) is 31.6 Å². The SMILES string of the molecule is CN1CCC(Nc2cc(N)cc([N+](=O)[O-])c2)CC1. The van der Waals surface area contributed by atoms with Crippen molar-refractivity contribution in [3.63, 3.8) is 0 Å². The Balaban J connectivity index is 2.07.